The zero-order valence-corrected chi connectivity index (χ0v) is 12.6. The number of nitrogens with one attached hydrogen (secondary N) is 1. The van der Waals surface area contributed by atoms with Crippen molar-refractivity contribution in [1.82, 2.24) is 14.4 Å². The molecule has 0 radical (unpaired) electrons. The van der Waals surface area contributed by atoms with Gasteiger partial charge in [-0.1, -0.05) is 6.07 Å². The summed E-state index contributed by atoms with van der Waals surface area (Å²) in [6.45, 7) is 4.17. The Labute approximate surface area is 131 Å². The van der Waals surface area contributed by atoms with Gasteiger partial charge >= 0.3 is 6.18 Å². The molecule has 4 nitrogen and oxygen atoms in total. The standard InChI is InChI=1S/C16H15F3N4/c1-10-6-11(2)23-9-14(22-15(23)21-10)8-20-13-5-3-4-12(7-13)16(17,18)19/h3-7,9,20H,8H2,1-2H3. The SMILES string of the molecule is Cc1cc(C)n2cc(CNc3cccc(C(F)(F)F)c3)nc2n1. The summed E-state index contributed by atoms with van der Waals surface area (Å²) in [6, 6.07) is 7.05. The molecule has 0 fully saturated rings. The van der Waals surface area contributed by atoms with Crippen molar-refractivity contribution in [2.45, 2.75) is 26.6 Å². The Balaban J connectivity index is 1.80. The van der Waals surface area contributed by atoms with E-state index in [9.17, 15) is 13.2 Å². The fourth-order valence-electron chi connectivity index (χ4n) is 2.40. The second-order valence-electron chi connectivity index (χ2n) is 5.37. The highest BCUT2D eigenvalue weighted by atomic mass is 19.4. The Bertz CT molecular complexity index is 852. The van der Waals surface area contributed by atoms with E-state index in [-0.39, 0.29) is 0 Å². The van der Waals surface area contributed by atoms with Gasteiger partial charge in [0.1, 0.15) is 0 Å². The molecule has 2 heterocycles. The monoisotopic (exact) mass is 320 g/mol. The van der Waals surface area contributed by atoms with Crippen LogP contribution in [0.1, 0.15) is 22.6 Å². The summed E-state index contributed by atoms with van der Waals surface area (Å²) < 4.78 is 40.0. The third-order valence-corrected chi connectivity index (χ3v) is 3.47. The van der Waals surface area contributed by atoms with Crippen molar-refractivity contribution >= 4 is 11.5 Å². The Morgan fingerprint density at radius 2 is 1.91 bits per heavy atom. The number of fused-ring (bicyclic) bond motifs is 1. The van der Waals surface area contributed by atoms with Crippen molar-refractivity contribution in [2.24, 2.45) is 0 Å². The van der Waals surface area contributed by atoms with Gasteiger partial charge in [-0.2, -0.15) is 13.2 Å². The van der Waals surface area contributed by atoms with Crippen LogP contribution in [0.4, 0.5) is 18.9 Å². The van der Waals surface area contributed by atoms with Gasteiger partial charge in [0.15, 0.2) is 0 Å². The van der Waals surface area contributed by atoms with Gasteiger partial charge in [-0.05, 0) is 38.1 Å². The van der Waals surface area contributed by atoms with Crippen LogP contribution in [-0.2, 0) is 12.7 Å². The van der Waals surface area contributed by atoms with Crippen molar-refractivity contribution in [3.8, 4) is 0 Å². The van der Waals surface area contributed by atoms with E-state index in [0.29, 0.717) is 23.7 Å². The van der Waals surface area contributed by atoms with Gasteiger partial charge in [0, 0.05) is 23.3 Å². The summed E-state index contributed by atoms with van der Waals surface area (Å²) in [7, 11) is 0. The summed E-state index contributed by atoms with van der Waals surface area (Å²) in [5.74, 6) is 0.586. The number of alkyl halides is 3. The van der Waals surface area contributed by atoms with Crippen LogP contribution in [0.25, 0.3) is 5.78 Å². The molecule has 0 aliphatic rings. The molecule has 2 aromatic heterocycles. The predicted octanol–water partition coefficient (Wildman–Crippen LogP) is 3.98. The summed E-state index contributed by atoms with van der Waals surface area (Å²) in [5.41, 5.74) is 2.32. The molecule has 0 saturated heterocycles. The van der Waals surface area contributed by atoms with Gasteiger partial charge in [-0.25, -0.2) is 9.97 Å². The number of aryl methyl sites for hydroxylation is 2. The molecule has 0 spiro atoms. The van der Waals surface area contributed by atoms with Crippen LogP contribution in [0, 0.1) is 13.8 Å². The molecule has 1 N–H and O–H groups in total. The van der Waals surface area contributed by atoms with E-state index in [4.69, 9.17) is 0 Å². The van der Waals surface area contributed by atoms with Crippen LogP contribution < -0.4 is 5.32 Å². The van der Waals surface area contributed by atoms with E-state index in [1.165, 1.54) is 6.07 Å². The smallest absolute Gasteiger partial charge is 0.379 e. The molecule has 120 valence electrons. The minimum atomic E-state index is -4.35. The molecule has 0 aliphatic carbocycles. The van der Waals surface area contributed by atoms with E-state index in [1.54, 1.807) is 6.07 Å². The van der Waals surface area contributed by atoms with Crippen LogP contribution in [0.2, 0.25) is 0 Å². The van der Waals surface area contributed by atoms with Crippen LogP contribution >= 0.6 is 0 Å². The summed E-state index contributed by atoms with van der Waals surface area (Å²) in [6.07, 6.45) is -2.52. The molecule has 0 saturated carbocycles. The van der Waals surface area contributed by atoms with Gasteiger partial charge in [-0.15, -0.1) is 0 Å². The number of hydrogen-bond acceptors (Lipinski definition) is 3. The molecular formula is C16H15F3N4. The first-order valence-electron chi connectivity index (χ1n) is 7.06. The molecule has 3 rings (SSSR count). The highest BCUT2D eigenvalue weighted by Gasteiger charge is 2.30. The van der Waals surface area contributed by atoms with Crippen molar-refractivity contribution in [2.75, 3.05) is 5.32 Å². The largest absolute Gasteiger partial charge is 0.416 e. The zero-order chi connectivity index (χ0) is 16.6. The lowest BCUT2D eigenvalue weighted by molar-refractivity contribution is -0.137. The molecule has 3 aromatic rings. The van der Waals surface area contributed by atoms with Crippen molar-refractivity contribution in [3.63, 3.8) is 0 Å². The topological polar surface area (TPSA) is 42.2 Å². The molecule has 7 heteroatoms. The second kappa shape index (κ2) is 5.57. The average molecular weight is 320 g/mol. The predicted molar refractivity (Wildman–Crippen MR) is 81.2 cm³/mol. The fourth-order valence-corrected chi connectivity index (χ4v) is 2.40. The van der Waals surface area contributed by atoms with Crippen molar-refractivity contribution < 1.29 is 13.2 Å². The number of halogens is 3. The van der Waals surface area contributed by atoms with Crippen molar-refractivity contribution in [3.05, 3.63) is 59.2 Å². The molecule has 0 amide bonds. The lowest BCUT2D eigenvalue weighted by atomic mass is 10.2. The third kappa shape index (κ3) is 3.28. The van der Waals surface area contributed by atoms with Crippen LogP contribution in [0.3, 0.4) is 0 Å². The maximum atomic E-state index is 12.7. The Morgan fingerprint density at radius 1 is 1.13 bits per heavy atom. The van der Waals surface area contributed by atoms with E-state index < -0.39 is 11.7 Å². The first kappa shape index (κ1) is 15.3. The first-order chi connectivity index (χ1) is 10.8. The van der Waals surface area contributed by atoms with Crippen molar-refractivity contribution in [1.29, 1.82) is 0 Å². The normalized spacial score (nSPS) is 11.9. The van der Waals surface area contributed by atoms with E-state index >= 15 is 0 Å². The maximum absolute atomic E-state index is 12.7. The third-order valence-electron chi connectivity index (χ3n) is 3.47. The number of aromatic nitrogens is 3. The van der Waals surface area contributed by atoms with Gasteiger partial charge in [0.25, 0.3) is 0 Å². The van der Waals surface area contributed by atoms with Crippen LogP contribution in [0.5, 0.6) is 0 Å². The van der Waals surface area contributed by atoms with E-state index in [0.717, 1.165) is 23.5 Å². The minimum absolute atomic E-state index is 0.323. The quantitative estimate of drug-likeness (QED) is 0.794. The number of hydrogen-bond donors (Lipinski definition) is 1. The zero-order valence-electron chi connectivity index (χ0n) is 12.6. The van der Waals surface area contributed by atoms with Crippen LogP contribution in [-0.4, -0.2) is 14.4 Å². The Hall–Kier alpha value is -2.57. The number of rotatable bonds is 3. The summed E-state index contributed by atoms with van der Waals surface area (Å²) in [4.78, 5) is 8.72. The number of imidazole rings is 1. The number of anilines is 1. The molecular weight excluding hydrogens is 305 g/mol. The van der Waals surface area contributed by atoms with E-state index in [1.807, 2.05) is 30.5 Å². The first-order valence-corrected chi connectivity index (χ1v) is 7.06. The fraction of sp³-hybridized carbons (Fsp3) is 0.250. The van der Waals surface area contributed by atoms with E-state index in [2.05, 4.69) is 15.3 Å². The van der Waals surface area contributed by atoms with Gasteiger partial charge in [0.05, 0.1) is 17.8 Å². The number of nitrogens with zero attached hydrogens (tertiary/aromatic N) is 3. The van der Waals surface area contributed by atoms with Gasteiger partial charge < -0.3 is 5.32 Å². The van der Waals surface area contributed by atoms with Crippen LogP contribution in [0.15, 0.2) is 36.5 Å². The molecule has 0 unspecified atom stereocenters. The maximum Gasteiger partial charge on any atom is 0.416 e. The molecule has 0 bridgehead atoms. The number of benzene rings is 1. The lowest BCUT2D eigenvalue weighted by Gasteiger charge is -2.09. The van der Waals surface area contributed by atoms with Gasteiger partial charge in [0.2, 0.25) is 5.78 Å². The lowest BCUT2D eigenvalue weighted by Crippen LogP contribution is -2.06. The molecule has 23 heavy (non-hydrogen) atoms. The summed E-state index contributed by atoms with van der Waals surface area (Å²) in [5, 5.41) is 2.96. The highest BCUT2D eigenvalue weighted by molar-refractivity contribution is 5.47. The Kier molecular flexibility index (Phi) is 3.71. The van der Waals surface area contributed by atoms with Gasteiger partial charge in [-0.3, -0.25) is 4.40 Å². The second-order valence-corrected chi connectivity index (χ2v) is 5.37. The minimum Gasteiger partial charge on any atom is -0.379 e. The molecule has 1 aromatic carbocycles. The summed E-state index contributed by atoms with van der Waals surface area (Å²) >= 11 is 0. The molecule has 0 atom stereocenters. The highest BCUT2D eigenvalue weighted by Crippen LogP contribution is 2.30. The molecule has 0 aliphatic heterocycles. The average Bonchev–Trinajstić information content (AvgIpc) is 2.88. The Morgan fingerprint density at radius 3 is 2.65 bits per heavy atom.